The Labute approximate surface area is 119 Å². The number of nitrogens with two attached hydrogens (primary N) is 1. The lowest BCUT2D eigenvalue weighted by atomic mass is 9.75. The first-order valence-corrected chi connectivity index (χ1v) is 7.35. The highest BCUT2D eigenvalue weighted by Crippen LogP contribution is 2.39. The third-order valence-corrected chi connectivity index (χ3v) is 4.81. The van der Waals surface area contributed by atoms with Crippen molar-refractivity contribution in [1.29, 1.82) is 0 Å². The van der Waals surface area contributed by atoms with E-state index < -0.39 is 0 Å². The average Bonchev–Trinajstić information content (AvgIpc) is 2.82. The van der Waals surface area contributed by atoms with Crippen molar-refractivity contribution in [2.24, 2.45) is 0 Å². The largest absolute Gasteiger partial charge is 0.369 e. The molecule has 0 unspecified atom stereocenters. The minimum absolute atomic E-state index is 0.221. The Hall–Kier alpha value is -1.56. The van der Waals surface area contributed by atoms with Gasteiger partial charge in [-0.1, -0.05) is 0 Å². The van der Waals surface area contributed by atoms with Crippen LogP contribution in [0.2, 0.25) is 0 Å². The third kappa shape index (κ3) is 1.74. The molecule has 0 spiro atoms. The van der Waals surface area contributed by atoms with Crippen LogP contribution >= 0.6 is 0 Å². The topological polar surface area (TPSA) is 64.9 Å². The predicted octanol–water partition coefficient (Wildman–Crippen LogP) is 1.63. The van der Waals surface area contributed by atoms with E-state index in [2.05, 4.69) is 40.6 Å². The van der Waals surface area contributed by atoms with E-state index in [0.717, 1.165) is 29.9 Å². The van der Waals surface area contributed by atoms with Gasteiger partial charge in [-0.15, -0.1) is 0 Å². The normalized spacial score (nSPS) is 17.9. The van der Waals surface area contributed by atoms with Crippen molar-refractivity contribution in [3.05, 3.63) is 5.69 Å². The summed E-state index contributed by atoms with van der Waals surface area (Å²) in [4.78, 5) is 6.86. The molecule has 2 heterocycles. The molecule has 0 atom stereocenters. The lowest BCUT2D eigenvalue weighted by molar-refractivity contribution is 0.0437. The molecule has 0 radical (unpaired) electrons. The summed E-state index contributed by atoms with van der Waals surface area (Å²) in [5, 5.41) is 4.55. The monoisotopic (exact) mass is 276 g/mol. The van der Waals surface area contributed by atoms with E-state index in [1.807, 2.05) is 11.6 Å². The van der Waals surface area contributed by atoms with Gasteiger partial charge in [-0.25, -0.2) is 9.67 Å². The van der Waals surface area contributed by atoms with Crippen molar-refractivity contribution in [3.63, 3.8) is 0 Å². The number of imidazole rings is 1. The van der Waals surface area contributed by atoms with Crippen LogP contribution in [-0.2, 0) is 13.1 Å². The molecule has 6 heteroatoms. The second kappa shape index (κ2) is 4.48. The van der Waals surface area contributed by atoms with Crippen LogP contribution in [0.4, 0.5) is 5.95 Å². The standard InChI is InChI=1S/C14H24N6/c1-5-20-12-11(10(2)17-20)16-13(15)19(12)9-14(18(3)4)7-6-8-14/h5-9H2,1-4H3,(H2,15,16). The van der Waals surface area contributed by atoms with Crippen molar-refractivity contribution >= 4 is 17.1 Å². The van der Waals surface area contributed by atoms with Gasteiger partial charge in [0.15, 0.2) is 5.65 Å². The maximum atomic E-state index is 6.17. The minimum atomic E-state index is 0.221. The smallest absolute Gasteiger partial charge is 0.202 e. The maximum absolute atomic E-state index is 6.17. The molecule has 2 aromatic rings. The Bertz CT molecular complexity index is 632. The van der Waals surface area contributed by atoms with E-state index in [4.69, 9.17) is 5.73 Å². The molecule has 110 valence electrons. The van der Waals surface area contributed by atoms with Crippen molar-refractivity contribution in [1.82, 2.24) is 24.2 Å². The highest BCUT2D eigenvalue weighted by molar-refractivity contribution is 5.77. The number of rotatable bonds is 4. The molecule has 1 saturated carbocycles. The fourth-order valence-electron chi connectivity index (χ4n) is 3.24. The highest BCUT2D eigenvalue weighted by Gasteiger charge is 2.40. The van der Waals surface area contributed by atoms with E-state index in [9.17, 15) is 0 Å². The highest BCUT2D eigenvalue weighted by atomic mass is 15.4. The van der Waals surface area contributed by atoms with E-state index >= 15 is 0 Å². The van der Waals surface area contributed by atoms with E-state index in [1.165, 1.54) is 19.3 Å². The SMILES string of the molecule is CCn1nc(C)c2nc(N)n(CC3(N(C)C)CCC3)c21. The predicted molar refractivity (Wildman–Crippen MR) is 80.6 cm³/mol. The first-order chi connectivity index (χ1) is 9.48. The van der Waals surface area contributed by atoms with Crippen LogP contribution in [0.5, 0.6) is 0 Å². The van der Waals surface area contributed by atoms with Crippen LogP contribution in [0.25, 0.3) is 11.2 Å². The molecule has 0 amide bonds. The van der Waals surface area contributed by atoms with E-state index in [0.29, 0.717) is 5.95 Å². The van der Waals surface area contributed by atoms with Crippen LogP contribution in [0.3, 0.4) is 0 Å². The zero-order valence-electron chi connectivity index (χ0n) is 12.8. The Morgan fingerprint density at radius 3 is 2.55 bits per heavy atom. The van der Waals surface area contributed by atoms with Gasteiger partial charge in [-0.05, 0) is 47.2 Å². The summed E-state index contributed by atoms with van der Waals surface area (Å²) in [6.07, 6.45) is 3.73. The summed E-state index contributed by atoms with van der Waals surface area (Å²) < 4.78 is 4.16. The van der Waals surface area contributed by atoms with Gasteiger partial charge in [-0.3, -0.25) is 4.57 Å². The van der Waals surface area contributed by atoms with Gasteiger partial charge in [-0.2, -0.15) is 5.10 Å². The molecular formula is C14H24N6. The van der Waals surface area contributed by atoms with Gasteiger partial charge >= 0.3 is 0 Å². The summed E-state index contributed by atoms with van der Waals surface area (Å²) in [7, 11) is 4.32. The van der Waals surface area contributed by atoms with Gasteiger partial charge in [0.2, 0.25) is 5.95 Å². The number of aryl methyl sites for hydroxylation is 2. The Morgan fingerprint density at radius 1 is 1.35 bits per heavy atom. The zero-order chi connectivity index (χ0) is 14.5. The summed E-state index contributed by atoms with van der Waals surface area (Å²) in [5.74, 6) is 0.607. The first-order valence-electron chi connectivity index (χ1n) is 7.35. The fourth-order valence-corrected chi connectivity index (χ4v) is 3.24. The molecular weight excluding hydrogens is 252 g/mol. The summed E-state index contributed by atoms with van der Waals surface area (Å²) in [6.45, 7) is 5.83. The molecule has 1 aliphatic rings. The number of aromatic nitrogens is 4. The van der Waals surface area contributed by atoms with Gasteiger partial charge in [0.05, 0.1) is 5.69 Å². The zero-order valence-corrected chi connectivity index (χ0v) is 12.8. The molecule has 1 fully saturated rings. The van der Waals surface area contributed by atoms with Crippen LogP contribution in [0.1, 0.15) is 31.9 Å². The molecule has 0 bridgehead atoms. The fraction of sp³-hybridized carbons (Fsp3) is 0.714. The molecule has 2 N–H and O–H groups in total. The average molecular weight is 276 g/mol. The van der Waals surface area contributed by atoms with Crippen LogP contribution in [-0.4, -0.2) is 43.9 Å². The van der Waals surface area contributed by atoms with E-state index in [-0.39, 0.29) is 5.54 Å². The van der Waals surface area contributed by atoms with Gasteiger partial charge in [0.25, 0.3) is 0 Å². The van der Waals surface area contributed by atoms with Gasteiger partial charge in [0.1, 0.15) is 5.52 Å². The van der Waals surface area contributed by atoms with Crippen LogP contribution < -0.4 is 5.73 Å². The number of hydrogen-bond donors (Lipinski definition) is 1. The molecule has 6 nitrogen and oxygen atoms in total. The lowest BCUT2D eigenvalue weighted by Crippen LogP contribution is -2.53. The molecule has 0 saturated heterocycles. The van der Waals surface area contributed by atoms with Crippen molar-refractivity contribution in [3.8, 4) is 0 Å². The van der Waals surface area contributed by atoms with Gasteiger partial charge < -0.3 is 10.6 Å². The first kappa shape index (κ1) is 13.4. The number of nitrogen functional groups attached to an aromatic ring is 1. The number of nitrogens with zero attached hydrogens (tertiary/aromatic N) is 5. The summed E-state index contributed by atoms with van der Waals surface area (Å²) >= 11 is 0. The lowest BCUT2D eigenvalue weighted by Gasteiger charge is -2.47. The number of anilines is 1. The summed E-state index contributed by atoms with van der Waals surface area (Å²) in [5.41, 5.74) is 9.36. The molecule has 0 aromatic carbocycles. The minimum Gasteiger partial charge on any atom is -0.369 e. The van der Waals surface area contributed by atoms with E-state index in [1.54, 1.807) is 0 Å². The Balaban J connectivity index is 2.09. The molecule has 1 aliphatic carbocycles. The number of likely N-dealkylation sites (N-methyl/N-ethyl adjacent to an activating group) is 1. The van der Waals surface area contributed by atoms with Crippen LogP contribution in [0.15, 0.2) is 0 Å². The molecule has 20 heavy (non-hydrogen) atoms. The molecule has 3 rings (SSSR count). The summed E-state index contributed by atoms with van der Waals surface area (Å²) in [6, 6.07) is 0. The van der Waals surface area contributed by atoms with Crippen molar-refractivity contribution in [2.75, 3.05) is 19.8 Å². The second-order valence-corrected chi connectivity index (χ2v) is 6.10. The second-order valence-electron chi connectivity index (χ2n) is 6.10. The Morgan fingerprint density at radius 2 is 2.05 bits per heavy atom. The van der Waals surface area contributed by atoms with Crippen LogP contribution in [0, 0.1) is 6.92 Å². The quantitative estimate of drug-likeness (QED) is 0.921. The number of hydrogen-bond acceptors (Lipinski definition) is 4. The van der Waals surface area contributed by atoms with Crippen molar-refractivity contribution < 1.29 is 0 Å². The maximum Gasteiger partial charge on any atom is 0.202 e. The third-order valence-electron chi connectivity index (χ3n) is 4.81. The Kier molecular flexibility index (Phi) is 3.01. The molecule has 0 aliphatic heterocycles. The molecule has 2 aromatic heterocycles. The van der Waals surface area contributed by atoms with Gasteiger partial charge in [0, 0.05) is 18.6 Å². The number of fused-ring (bicyclic) bond motifs is 1. The van der Waals surface area contributed by atoms with Crippen molar-refractivity contribution in [2.45, 2.75) is 51.7 Å².